The van der Waals surface area contributed by atoms with Crippen LogP contribution in [0.5, 0.6) is 0 Å². The first-order valence-electron chi connectivity index (χ1n) is 5.33. The molecule has 0 unspecified atom stereocenters. The Hall–Kier alpha value is -0.0500. The van der Waals surface area contributed by atoms with Gasteiger partial charge in [-0.2, -0.15) is 0 Å². The third-order valence-electron chi connectivity index (χ3n) is 2.96. The summed E-state index contributed by atoms with van der Waals surface area (Å²) in [5.74, 6) is 0.626. The van der Waals surface area contributed by atoms with Gasteiger partial charge in [-0.3, -0.25) is 4.90 Å². The van der Waals surface area contributed by atoms with Gasteiger partial charge in [0.05, 0.1) is 0 Å². The van der Waals surface area contributed by atoms with E-state index in [2.05, 4.69) is 30.0 Å². The molecule has 0 spiro atoms. The van der Waals surface area contributed by atoms with E-state index in [1.807, 2.05) is 6.08 Å². The molecule has 1 saturated heterocycles. The Balaban J connectivity index is 2.23. The largest absolute Gasteiger partial charge is 0.306 e. The van der Waals surface area contributed by atoms with Crippen molar-refractivity contribution in [3.05, 3.63) is 12.2 Å². The van der Waals surface area contributed by atoms with Gasteiger partial charge in [0, 0.05) is 18.5 Å². The minimum Gasteiger partial charge on any atom is -0.306 e. The standard InChI is InChI=1S/C11H21ClN2/c1-13-9-5-11(6-10-13)14(2)8-4-3-7-12/h3-4,11H,5-10H2,1-2H3. The van der Waals surface area contributed by atoms with E-state index in [4.69, 9.17) is 11.6 Å². The van der Waals surface area contributed by atoms with Crippen LogP contribution in [0.25, 0.3) is 0 Å². The molecule has 14 heavy (non-hydrogen) atoms. The highest BCUT2D eigenvalue weighted by molar-refractivity contribution is 6.18. The summed E-state index contributed by atoms with van der Waals surface area (Å²) in [5, 5.41) is 0. The second-order valence-electron chi connectivity index (χ2n) is 4.10. The molecule has 3 heteroatoms. The Bertz CT molecular complexity index is 174. The van der Waals surface area contributed by atoms with Crippen molar-refractivity contribution in [1.29, 1.82) is 0 Å². The fourth-order valence-corrected chi connectivity index (χ4v) is 2.01. The van der Waals surface area contributed by atoms with Crippen LogP contribution in [0, 0.1) is 0 Å². The molecule has 0 aromatic carbocycles. The van der Waals surface area contributed by atoms with Gasteiger partial charge in [-0.25, -0.2) is 0 Å². The van der Waals surface area contributed by atoms with E-state index >= 15 is 0 Å². The van der Waals surface area contributed by atoms with Gasteiger partial charge in [-0.15, -0.1) is 11.6 Å². The number of nitrogens with zero attached hydrogens (tertiary/aromatic N) is 2. The van der Waals surface area contributed by atoms with E-state index in [9.17, 15) is 0 Å². The molecule has 1 aliphatic heterocycles. The predicted molar refractivity (Wildman–Crippen MR) is 63.0 cm³/mol. The van der Waals surface area contributed by atoms with Gasteiger partial charge < -0.3 is 4.90 Å². The maximum absolute atomic E-state index is 5.58. The molecule has 82 valence electrons. The molecule has 1 rings (SSSR count). The fraction of sp³-hybridized carbons (Fsp3) is 0.818. The number of allylic oxidation sites excluding steroid dienone is 1. The monoisotopic (exact) mass is 216 g/mol. The van der Waals surface area contributed by atoms with E-state index in [-0.39, 0.29) is 0 Å². The minimum absolute atomic E-state index is 0.626. The van der Waals surface area contributed by atoms with Crippen LogP contribution in [0.4, 0.5) is 0 Å². The first-order chi connectivity index (χ1) is 6.74. The van der Waals surface area contributed by atoms with Crippen molar-refractivity contribution >= 4 is 11.6 Å². The zero-order valence-electron chi connectivity index (χ0n) is 9.25. The van der Waals surface area contributed by atoms with Crippen molar-refractivity contribution in [2.75, 3.05) is 39.6 Å². The quantitative estimate of drug-likeness (QED) is 0.523. The lowest BCUT2D eigenvalue weighted by atomic mass is 10.0. The van der Waals surface area contributed by atoms with Gasteiger partial charge in [-0.05, 0) is 40.0 Å². The Morgan fingerprint density at radius 1 is 1.36 bits per heavy atom. The highest BCUT2D eigenvalue weighted by atomic mass is 35.5. The van der Waals surface area contributed by atoms with Crippen molar-refractivity contribution < 1.29 is 0 Å². The van der Waals surface area contributed by atoms with E-state index in [1.165, 1.54) is 25.9 Å². The Morgan fingerprint density at radius 2 is 2.00 bits per heavy atom. The van der Waals surface area contributed by atoms with Crippen LogP contribution in [0.1, 0.15) is 12.8 Å². The summed E-state index contributed by atoms with van der Waals surface area (Å²) in [6, 6.07) is 0.756. The maximum Gasteiger partial charge on any atom is 0.0404 e. The topological polar surface area (TPSA) is 6.48 Å². The minimum atomic E-state index is 0.626. The number of likely N-dealkylation sites (N-methyl/N-ethyl adjacent to an activating group) is 1. The predicted octanol–water partition coefficient (Wildman–Crippen LogP) is 1.81. The SMILES string of the molecule is CN1CCC(N(C)CC=CCCl)CC1. The molecule has 1 fully saturated rings. The summed E-state index contributed by atoms with van der Waals surface area (Å²) in [4.78, 5) is 4.83. The lowest BCUT2D eigenvalue weighted by Gasteiger charge is -2.34. The maximum atomic E-state index is 5.58. The highest BCUT2D eigenvalue weighted by Gasteiger charge is 2.19. The molecule has 1 heterocycles. The number of rotatable bonds is 4. The molecule has 0 amide bonds. The molecule has 1 aliphatic rings. The number of alkyl halides is 1. The average molecular weight is 217 g/mol. The van der Waals surface area contributed by atoms with Crippen LogP contribution < -0.4 is 0 Å². The van der Waals surface area contributed by atoms with Gasteiger partial charge in [0.1, 0.15) is 0 Å². The van der Waals surface area contributed by atoms with Crippen LogP contribution >= 0.6 is 11.6 Å². The Kier molecular flexibility index (Phi) is 5.53. The molecule has 2 nitrogen and oxygen atoms in total. The van der Waals surface area contributed by atoms with Crippen molar-refractivity contribution in [3.63, 3.8) is 0 Å². The van der Waals surface area contributed by atoms with Gasteiger partial charge in [0.15, 0.2) is 0 Å². The van der Waals surface area contributed by atoms with Gasteiger partial charge >= 0.3 is 0 Å². The molecule has 0 aromatic heterocycles. The second-order valence-corrected chi connectivity index (χ2v) is 4.41. The highest BCUT2D eigenvalue weighted by Crippen LogP contribution is 2.13. The van der Waals surface area contributed by atoms with E-state index < -0.39 is 0 Å². The average Bonchev–Trinajstić information content (AvgIpc) is 2.19. The van der Waals surface area contributed by atoms with E-state index in [0.717, 1.165) is 12.6 Å². The molecule has 0 radical (unpaired) electrons. The fourth-order valence-electron chi connectivity index (χ4n) is 1.89. The Labute approximate surface area is 92.5 Å². The third-order valence-corrected chi connectivity index (χ3v) is 3.14. The van der Waals surface area contributed by atoms with Crippen molar-refractivity contribution in [3.8, 4) is 0 Å². The van der Waals surface area contributed by atoms with Gasteiger partial charge in [0.2, 0.25) is 0 Å². The molecule has 0 bridgehead atoms. The van der Waals surface area contributed by atoms with Crippen LogP contribution in [0.3, 0.4) is 0 Å². The van der Waals surface area contributed by atoms with Crippen molar-refractivity contribution in [2.24, 2.45) is 0 Å². The lowest BCUT2D eigenvalue weighted by molar-refractivity contribution is 0.154. The normalized spacial score (nSPS) is 21.1. The molecule has 0 aromatic rings. The summed E-state index contributed by atoms with van der Waals surface area (Å²) in [6.07, 6.45) is 6.77. The third kappa shape index (κ3) is 3.99. The van der Waals surface area contributed by atoms with Gasteiger partial charge in [-0.1, -0.05) is 12.2 Å². The van der Waals surface area contributed by atoms with Crippen molar-refractivity contribution in [1.82, 2.24) is 9.80 Å². The zero-order chi connectivity index (χ0) is 10.4. The lowest BCUT2D eigenvalue weighted by Crippen LogP contribution is -2.41. The number of hydrogen-bond acceptors (Lipinski definition) is 2. The summed E-state index contributed by atoms with van der Waals surface area (Å²) in [5.41, 5.74) is 0. The van der Waals surface area contributed by atoms with E-state index in [1.54, 1.807) is 0 Å². The molecular formula is C11H21ClN2. The number of piperidine rings is 1. The molecule has 0 atom stereocenters. The van der Waals surface area contributed by atoms with Crippen LogP contribution in [0.15, 0.2) is 12.2 Å². The van der Waals surface area contributed by atoms with Crippen LogP contribution in [0.2, 0.25) is 0 Å². The van der Waals surface area contributed by atoms with Crippen LogP contribution in [-0.4, -0.2) is 55.5 Å². The Morgan fingerprint density at radius 3 is 2.57 bits per heavy atom. The first-order valence-corrected chi connectivity index (χ1v) is 5.87. The van der Waals surface area contributed by atoms with Crippen LogP contribution in [-0.2, 0) is 0 Å². The van der Waals surface area contributed by atoms with E-state index in [0.29, 0.717) is 5.88 Å². The first kappa shape index (κ1) is 12.0. The number of likely N-dealkylation sites (tertiary alicyclic amines) is 1. The molecule has 0 N–H and O–H groups in total. The summed E-state index contributed by atoms with van der Waals surface area (Å²) >= 11 is 5.58. The summed E-state index contributed by atoms with van der Waals surface area (Å²) < 4.78 is 0. The second kappa shape index (κ2) is 6.44. The molecule has 0 saturated carbocycles. The molecular weight excluding hydrogens is 196 g/mol. The zero-order valence-corrected chi connectivity index (χ0v) is 10.0. The van der Waals surface area contributed by atoms with Gasteiger partial charge in [0.25, 0.3) is 0 Å². The number of hydrogen-bond donors (Lipinski definition) is 0. The summed E-state index contributed by atoms with van der Waals surface area (Å²) in [6.45, 7) is 3.49. The summed E-state index contributed by atoms with van der Waals surface area (Å²) in [7, 11) is 4.40. The smallest absolute Gasteiger partial charge is 0.0404 e. The molecule has 0 aliphatic carbocycles. The van der Waals surface area contributed by atoms with Crippen molar-refractivity contribution in [2.45, 2.75) is 18.9 Å². The number of halogens is 1.